The van der Waals surface area contributed by atoms with Crippen LogP contribution in [-0.2, 0) is 6.42 Å². The fraction of sp³-hybridized carbons (Fsp3) is 0.471. The minimum atomic E-state index is -0.0118. The molecule has 0 bridgehead atoms. The van der Waals surface area contributed by atoms with Gasteiger partial charge in [0.05, 0.1) is 5.52 Å². The topological polar surface area (TPSA) is 54.2 Å². The zero-order valence-corrected chi connectivity index (χ0v) is 13.4. The van der Waals surface area contributed by atoms with Crippen molar-refractivity contribution in [2.75, 3.05) is 14.1 Å². The summed E-state index contributed by atoms with van der Waals surface area (Å²) in [5.41, 5.74) is 5.08. The lowest BCUT2D eigenvalue weighted by Crippen LogP contribution is -2.59. The fourth-order valence-electron chi connectivity index (χ4n) is 2.76. The summed E-state index contributed by atoms with van der Waals surface area (Å²) in [6.07, 6.45) is 1.83. The first-order chi connectivity index (χ1) is 10.0. The monoisotopic (exact) mass is 286 g/mol. The summed E-state index contributed by atoms with van der Waals surface area (Å²) < 4.78 is 0. The summed E-state index contributed by atoms with van der Waals surface area (Å²) in [6.45, 7) is 4.43. The van der Waals surface area contributed by atoms with Crippen LogP contribution in [0.5, 0.6) is 0 Å². The quantitative estimate of drug-likeness (QED) is 0.632. The van der Waals surface area contributed by atoms with E-state index >= 15 is 0 Å². The van der Waals surface area contributed by atoms with Crippen molar-refractivity contribution >= 4 is 10.9 Å². The molecule has 2 unspecified atom stereocenters. The van der Waals surface area contributed by atoms with Crippen molar-refractivity contribution in [1.29, 1.82) is 0 Å². The number of pyridine rings is 1. The average molecular weight is 286 g/mol. The van der Waals surface area contributed by atoms with Crippen LogP contribution < -0.4 is 11.3 Å². The Morgan fingerprint density at radius 2 is 1.95 bits per heavy atom. The van der Waals surface area contributed by atoms with Crippen LogP contribution in [-0.4, -0.2) is 35.6 Å². The van der Waals surface area contributed by atoms with E-state index in [1.165, 1.54) is 5.39 Å². The summed E-state index contributed by atoms with van der Waals surface area (Å²) in [7, 11) is 4.20. The van der Waals surface area contributed by atoms with Gasteiger partial charge in [-0.2, -0.15) is 0 Å². The van der Waals surface area contributed by atoms with Crippen LogP contribution in [0, 0.1) is 0 Å². The summed E-state index contributed by atoms with van der Waals surface area (Å²) in [4.78, 5) is 6.99. The van der Waals surface area contributed by atoms with E-state index in [4.69, 9.17) is 10.8 Å². The van der Waals surface area contributed by atoms with Gasteiger partial charge in [-0.25, -0.2) is 0 Å². The van der Waals surface area contributed by atoms with Crippen LogP contribution >= 0.6 is 0 Å². The Balaban J connectivity index is 2.28. The number of hydrogen-bond donors (Lipinski definition) is 2. The van der Waals surface area contributed by atoms with Crippen molar-refractivity contribution in [3.05, 3.63) is 42.1 Å². The molecule has 1 aromatic carbocycles. The fourth-order valence-corrected chi connectivity index (χ4v) is 2.76. The smallest absolute Gasteiger partial charge is 0.0705 e. The third kappa shape index (κ3) is 3.23. The molecule has 2 rings (SSSR count). The number of nitrogens with two attached hydrogens (primary N) is 1. The van der Waals surface area contributed by atoms with Crippen molar-refractivity contribution in [2.45, 2.75) is 38.3 Å². The van der Waals surface area contributed by atoms with Gasteiger partial charge in [0.25, 0.3) is 0 Å². The maximum Gasteiger partial charge on any atom is 0.0705 e. The standard InChI is InChI=1S/C17H26N4/c1-5-17(2,21(3)4)16(20-18)12-14-11-10-13-8-6-7-9-15(13)19-14/h6-11,16,20H,5,12,18H2,1-4H3. The number of likely N-dealkylation sites (N-methyl/N-ethyl adjacent to an activating group) is 1. The lowest BCUT2D eigenvalue weighted by Gasteiger charge is -2.42. The molecule has 21 heavy (non-hydrogen) atoms. The summed E-state index contributed by atoms with van der Waals surface area (Å²) >= 11 is 0. The predicted molar refractivity (Wildman–Crippen MR) is 88.9 cm³/mol. The van der Waals surface area contributed by atoms with Gasteiger partial charge in [0, 0.05) is 29.1 Å². The SMILES string of the molecule is CCC(C)(C(Cc1ccc2ccccc2n1)NN)N(C)C. The molecule has 1 aromatic heterocycles. The lowest BCUT2D eigenvalue weighted by atomic mass is 9.85. The van der Waals surface area contributed by atoms with Crippen molar-refractivity contribution < 1.29 is 0 Å². The number of fused-ring (bicyclic) bond motifs is 1. The molecule has 0 aliphatic carbocycles. The molecule has 3 N–H and O–H groups in total. The Bertz CT molecular complexity index is 596. The average Bonchev–Trinajstić information content (AvgIpc) is 2.51. The summed E-state index contributed by atoms with van der Waals surface area (Å²) in [5.74, 6) is 5.83. The Labute approximate surface area is 127 Å². The third-order valence-electron chi connectivity index (χ3n) is 4.76. The number of benzene rings is 1. The first-order valence-corrected chi connectivity index (χ1v) is 7.49. The van der Waals surface area contributed by atoms with Crippen molar-refractivity contribution in [3.63, 3.8) is 0 Å². The molecule has 4 nitrogen and oxygen atoms in total. The van der Waals surface area contributed by atoms with Crippen LogP contribution in [0.3, 0.4) is 0 Å². The van der Waals surface area contributed by atoms with Crippen molar-refractivity contribution in [1.82, 2.24) is 15.3 Å². The van der Waals surface area contributed by atoms with Gasteiger partial charge < -0.3 is 4.90 Å². The van der Waals surface area contributed by atoms with Crippen LogP contribution in [0.25, 0.3) is 10.9 Å². The van der Waals surface area contributed by atoms with E-state index in [0.717, 1.165) is 24.1 Å². The molecule has 1 heterocycles. The highest BCUT2D eigenvalue weighted by atomic mass is 15.3. The Hall–Kier alpha value is -1.49. The molecular formula is C17H26N4. The van der Waals surface area contributed by atoms with E-state index in [9.17, 15) is 0 Å². The first kappa shape index (κ1) is 15.9. The van der Waals surface area contributed by atoms with Gasteiger partial charge >= 0.3 is 0 Å². The van der Waals surface area contributed by atoms with Gasteiger partial charge in [-0.3, -0.25) is 16.3 Å². The van der Waals surface area contributed by atoms with Gasteiger partial charge in [0.15, 0.2) is 0 Å². The zero-order chi connectivity index (χ0) is 15.5. The molecular weight excluding hydrogens is 260 g/mol. The van der Waals surface area contributed by atoms with Gasteiger partial charge in [0.1, 0.15) is 0 Å². The third-order valence-corrected chi connectivity index (χ3v) is 4.76. The highest BCUT2D eigenvalue weighted by Crippen LogP contribution is 2.23. The van der Waals surface area contributed by atoms with Crippen LogP contribution in [0.2, 0.25) is 0 Å². The maximum atomic E-state index is 5.83. The minimum absolute atomic E-state index is 0.0118. The molecule has 0 saturated carbocycles. The molecule has 4 heteroatoms. The number of hydrogen-bond acceptors (Lipinski definition) is 4. The number of rotatable bonds is 6. The number of hydrazine groups is 1. The summed E-state index contributed by atoms with van der Waals surface area (Å²) in [6, 6.07) is 12.6. The molecule has 0 aliphatic heterocycles. The van der Waals surface area contributed by atoms with E-state index in [1.54, 1.807) is 0 Å². The van der Waals surface area contributed by atoms with Gasteiger partial charge in [-0.1, -0.05) is 31.2 Å². The number of nitrogens with zero attached hydrogens (tertiary/aromatic N) is 2. The Morgan fingerprint density at radius 3 is 2.57 bits per heavy atom. The van der Waals surface area contributed by atoms with Crippen LogP contribution in [0.1, 0.15) is 26.0 Å². The highest BCUT2D eigenvalue weighted by Gasteiger charge is 2.34. The Kier molecular flexibility index (Phi) is 4.93. The van der Waals surface area contributed by atoms with E-state index < -0.39 is 0 Å². The van der Waals surface area contributed by atoms with E-state index in [1.807, 2.05) is 12.1 Å². The molecule has 114 valence electrons. The van der Waals surface area contributed by atoms with E-state index in [0.29, 0.717) is 0 Å². The molecule has 0 fully saturated rings. The van der Waals surface area contributed by atoms with Crippen molar-refractivity contribution in [2.24, 2.45) is 5.84 Å². The predicted octanol–water partition coefficient (Wildman–Crippen LogP) is 2.34. The van der Waals surface area contributed by atoms with Gasteiger partial charge in [-0.15, -0.1) is 0 Å². The van der Waals surface area contributed by atoms with E-state index in [2.05, 4.69) is 62.5 Å². The largest absolute Gasteiger partial charge is 0.302 e. The van der Waals surface area contributed by atoms with Gasteiger partial charge in [-0.05, 0) is 39.6 Å². The van der Waals surface area contributed by atoms with Crippen LogP contribution in [0.4, 0.5) is 0 Å². The zero-order valence-electron chi connectivity index (χ0n) is 13.4. The molecule has 0 radical (unpaired) electrons. The number of aromatic nitrogens is 1. The molecule has 0 aliphatic rings. The second-order valence-corrected chi connectivity index (χ2v) is 6.02. The number of para-hydroxylation sites is 1. The minimum Gasteiger partial charge on any atom is -0.302 e. The summed E-state index contributed by atoms with van der Waals surface area (Å²) in [5, 5.41) is 1.17. The molecule has 0 saturated heterocycles. The molecule has 2 aromatic rings. The van der Waals surface area contributed by atoms with Gasteiger partial charge in [0.2, 0.25) is 0 Å². The Morgan fingerprint density at radius 1 is 1.24 bits per heavy atom. The molecule has 0 amide bonds. The highest BCUT2D eigenvalue weighted by molar-refractivity contribution is 5.78. The number of nitrogens with one attached hydrogen (secondary N) is 1. The maximum absolute atomic E-state index is 5.83. The second kappa shape index (κ2) is 6.52. The normalized spacial score (nSPS) is 16.1. The lowest BCUT2D eigenvalue weighted by molar-refractivity contribution is 0.112. The first-order valence-electron chi connectivity index (χ1n) is 7.49. The molecule has 2 atom stereocenters. The van der Waals surface area contributed by atoms with Crippen LogP contribution in [0.15, 0.2) is 36.4 Å². The van der Waals surface area contributed by atoms with Crippen molar-refractivity contribution in [3.8, 4) is 0 Å². The molecule has 0 spiro atoms. The van der Waals surface area contributed by atoms with E-state index in [-0.39, 0.29) is 11.6 Å². The second-order valence-electron chi connectivity index (χ2n) is 6.02.